The fourth-order valence-corrected chi connectivity index (χ4v) is 2.21. The number of hydrogen-bond donors (Lipinski definition) is 2. The number of benzene rings is 1. The number of aromatic nitrogens is 2. The Hall–Kier alpha value is -2.13. The summed E-state index contributed by atoms with van der Waals surface area (Å²) in [4.78, 5) is 8.85. The number of hydrogen-bond acceptors (Lipinski definition) is 5. The molecule has 1 heterocycles. The van der Waals surface area contributed by atoms with Crippen LogP contribution in [0.3, 0.4) is 0 Å². The van der Waals surface area contributed by atoms with Crippen molar-refractivity contribution in [3.8, 4) is 6.07 Å². The van der Waals surface area contributed by atoms with Crippen molar-refractivity contribution in [3.63, 3.8) is 0 Å². The Balaban J connectivity index is 2.37. The van der Waals surface area contributed by atoms with Crippen molar-refractivity contribution in [2.45, 2.75) is 20.3 Å². The van der Waals surface area contributed by atoms with E-state index in [2.05, 4.69) is 42.6 Å². The second-order valence-electron chi connectivity index (χ2n) is 4.37. The van der Waals surface area contributed by atoms with Crippen LogP contribution in [-0.4, -0.2) is 16.5 Å². The second kappa shape index (κ2) is 7.04. The van der Waals surface area contributed by atoms with E-state index < -0.39 is 0 Å². The highest BCUT2D eigenvalue weighted by Crippen LogP contribution is 2.24. The summed E-state index contributed by atoms with van der Waals surface area (Å²) in [7, 11) is 0. The molecule has 0 aliphatic heterocycles. The maximum absolute atomic E-state index is 9.18. The molecule has 108 valence electrons. The van der Waals surface area contributed by atoms with Crippen molar-refractivity contribution in [3.05, 3.63) is 40.1 Å². The molecule has 1 aromatic carbocycles. The first-order valence-corrected chi connectivity index (χ1v) is 7.54. The average molecular weight is 346 g/mol. The van der Waals surface area contributed by atoms with Gasteiger partial charge in [-0.1, -0.05) is 22.9 Å². The van der Waals surface area contributed by atoms with Crippen LogP contribution < -0.4 is 10.6 Å². The molecular weight excluding hydrogens is 330 g/mol. The van der Waals surface area contributed by atoms with Crippen LogP contribution in [0.25, 0.3) is 0 Å². The van der Waals surface area contributed by atoms with E-state index in [-0.39, 0.29) is 0 Å². The molecule has 2 rings (SSSR count). The van der Waals surface area contributed by atoms with Crippen molar-refractivity contribution >= 4 is 33.3 Å². The number of anilines is 3. The highest BCUT2D eigenvalue weighted by molar-refractivity contribution is 9.10. The van der Waals surface area contributed by atoms with Gasteiger partial charge in [-0.2, -0.15) is 5.26 Å². The number of nitrogens with one attached hydrogen (secondary N) is 2. The van der Waals surface area contributed by atoms with Crippen LogP contribution in [0.5, 0.6) is 0 Å². The number of rotatable bonds is 5. The molecular formula is C15H16BrN5. The van der Waals surface area contributed by atoms with Crippen molar-refractivity contribution in [1.29, 1.82) is 5.26 Å². The Bertz CT molecular complexity index is 678. The predicted molar refractivity (Wildman–Crippen MR) is 87.7 cm³/mol. The first-order valence-electron chi connectivity index (χ1n) is 6.74. The minimum atomic E-state index is 0.569. The Morgan fingerprint density at radius 3 is 2.62 bits per heavy atom. The van der Waals surface area contributed by atoms with Gasteiger partial charge in [-0.05, 0) is 25.1 Å². The summed E-state index contributed by atoms with van der Waals surface area (Å²) in [6.45, 7) is 4.82. The molecule has 0 atom stereocenters. The van der Waals surface area contributed by atoms with Crippen LogP contribution >= 0.6 is 15.9 Å². The van der Waals surface area contributed by atoms with E-state index in [4.69, 9.17) is 0 Å². The third-order valence-electron chi connectivity index (χ3n) is 2.81. The summed E-state index contributed by atoms with van der Waals surface area (Å²) < 4.78 is 0.903. The van der Waals surface area contributed by atoms with Gasteiger partial charge in [0.05, 0.1) is 11.3 Å². The fourth-order valence-electron chi connectivity index (χ4n) is 1.85. The lowest BCUT2D eigenvalue weighted by Crippen LogP contribution is -2.06. The molecule has 0 spiro atoms. The number of nitriles is 1. The monoisotopic (exact) mass is 345 g/mol. The molecule has 2 aromatic rings. The standard InChI is InChI=1S/C15H16BrN5/c1-3-13-20-14(18-4-2)8-15(21-13)19-12-7-11(16)6-5-10(12)9-17/h5-8H,3-4H2,1-2H3,(H2,18,19,20,21). The molecule has 6 heteroatoms. The van der Waals surface area contributed by atoms with Crippen LogP contribution in [0.1, 0.15) is 25.2 Å². The van der Waals surface area contributed by atoms with Crippen molar-refractivity contribution in [2.75, 3.05) is 17.2 Å². The molecule has 5 nitrogen and oxygen atoms in total. The largest absolute Gasteiger partial charge is 0.370 e. The number of halogens is 1. The molecule has 0 fully saturated rings. The zero-order valence-corrected chi connectivity index (χ0v) is 13.5. The average Bonchev–Trinajstić information content (AvgIpc) is 2.47. The molecule has 0 bridgehead atoms. The maximum atomic E-state index is 9.18. The van der Waals surface area contributed by atoms with Crippen molar-refractivity contribution in [1.82, 2.24) is 9.97 Å². The lowest BCUT2D eigenvalue weighted by Gasteiger charge is -2.11. The Kier molecular flexibility index (Phi) is 5.12. The molecule has 0 unspecified atom stereocenters. The molecule has 0 saturated carbocycles. The van der Waals surface area contributed by atoms with Gasteiger partial charge in [-0.15, -0.1) is 0 Å². The van der Waals surface area contributed by atoms with Crippen molar-refractivity contribution < 1.29 is 0 Å². The van der Waals surface area contributed by atoms with Crippen molar-refractivity contribution in [2.24, 2.45) is 0 Å². The van der Waals surface area contributed by atoms with E-state index in [0.29, 0.717) is 11.4 Å². The maximum Gasteiger partial charge on any atom is 0.136 e. The van der Waals surface area contributed by atoms with Gasteiger partial charge in [0.15, 0.2) is 0 Å². The first kappa shape index (κ1) is 15.3. The van der Waals surface area contributed by atoms with E-state index in [1.54, 1.807) is 6.07 Å². The Morgan fingerprint density at radius 2 is 1.95 bits per heavy atom. The van der Waals surface area contributed by atoms with Crippen LogP contribution in [0.4, 0.5) is 17.3 Å². The highest BCUT2D eigenvalue weighted by atomic mass is 79.9. The van der Waals surface area contributed by atoms with Crippen LogP contribution in [-0.2, 0) is 6.42 Å². The summed E-state index contributed by atoms with van der Waals surface area (Å²) in [6, 6.07) is 9.47. The number of nitrogens with zero attached hydrogens (tertiary/aromatic N) is 3. The SMILES string of the molecule is CCNc1cc(Nc2cc(Br)ccc2C#N)nc(CC)n1. The van der Waals surface area contributed by atoms with E-state index in [9.17, 15) is 5.26 Å². The molecule has 0 amide bonds. The molecule has 21 heavy (non-hydrogen) atoms. The lowest BCUT2D eigenvalue weighted by atomic mass is 10.2. The van der Waals surface area contributed by atoms with E-state index in [1.165, 1.54) is 0 Å². The molecule has 2 N–H and O–H groups in total. The van der Waals surface area contributed by atoms with Gasteiger partial charge >= 0.3 is 0 Å². The summed E-state index contributed by atoms with van der Waals surface area (Å²) in [5, 5.41) is 15.6. The van der Waals surface area contributed by atoms with Gasteiger partial charge in [0.1, 0.15) is 23.5 Å². The van der Waals surface area contributed by atoms with Crippen LogP contribution in [0.2, 0.25) is 0 Å². The smallest absolute Gasteiger partial charge is 0.136 e. The van der Waals surface area contributed by atoms with Gasteiger partial charge in [0.25, 0.3) is 0 Å². The van der Waals surface area contributed by atoms with E-state index in [1.807, 2.05) is 32.0 Å². The van der Waals surface area contributed by atoms with Gasteiger partial charge in [-0.25, -0.2) is 9.97 Å². The third-order valence-corrected chi connectivity index (χ3v) is 3.30. The minimum Gasteiger partial charge on any atom is -0.370 e. The molecule has 0 aliphatic carbocycles. The quantitative estimate of drug-likeness (QED) is 0.860. The Morgan fingerprint density at radius 1 is 1.19 bits per heavy atom. The third kappa shape index (κ3) is 3.92. The molecule has 0 radical (unpaired) electrons. The summed E-state index contributed by atoms with van der Waals surface area (Å²) in [5.74, 6) is 2.21. The normalized spacial score (nSPS) is 10.0. The second-order valence-corrected chi connectivity index (χ2v) is 5.28. The fraction of sp³-hybridized carbons (Fsp3) is 0.267. The van der Waals surface area contributed by atoms with Gasteiger partial charge in [0, 0.05) is 23.5 Å². The zero-order valence-electron chi connectivity index (χ0n) is 11.9. The highest BCUT2D eigenvalue weighted by Gasteiger charge is 2.07. The summed E-state index contributed by atoms with van der Waals surface area (Å²) >= 11 is 3.41. The van der Waals surface area contributed by atoms with Gasteiger partial charge in [-0.3, -0.25) is 0 Å². The summed E-state index contributed by atoms with van der Waals surface area (Å²) in [6.07, 6.45) is 0.748. The zero-order chi connectivity index (χ0) is 15.2. The van der Waals surface area contributed by atoms with Crippen LogP contribution in [0, 0.1) is 11.3 Å². The minimum absolute atomic E-state index is 0.569. The lowest BCUT2D eigenvalue weighted by molar-refractivity contribution is 0.939. The van der Waals surface area contributed by atoms with Gasteiger partial charge < -0.3 is 10.6 Å². The molecule has 1 aromatic heterocycles. The number of aryl methyl sites for hydroxylation is 1. The first-order chi connectivity index (χ1) is 10.2. The topological polar surface area (TPSA) is 73.6 Å². The van der Waals surface area contributed by atoms with E-state index in [0.717, 1.165) is 34.8 Å². The predicted octanol–water partition coefficient (Wildman–Crippen LogP) is 3.85. The molecule has 0 aliphatic rings. The van der Waals surface area contributed by atoms with Gasteiger partial charge in [0.2, 0.25) is 0 Å². The summed E-state index contributed by atoms with van der Waals surface area (Å²) in [5.41, 5.74) is 1.29. The molecule has 0 saturated heterocycles. The van der Waals surface area contributed by atoms with E-state index >= 15 is 0 Å². The van der Waals surface area contributed by atoms with Crippen LogP contribution in [0.15, 0.2) is 28.7 Å². The Labute approximate surface area is 132 Å².